The van der Waals surface area contributed by atoms with Crippen molar-refractivity contribution in [1.29, 1.82) is 0 Å². The van der Waals surface area contributed by atoms with Gasteiger partial charge in [0, 0.05) is 20.6 Å². The fraction of sp³-hybridized carbons (Fsp3) is 0.455. The summed E-state index contributed by atoms with van der Waals surface area (Å²) >= 11 is 6.72. The monoisotopic (exact) mass is 418 g/mol. The van der Waals surface area contributed by atoms with Crippen LogP contribution in [0.1, 0.15) is 13.8 Å². The highest BCUT2D eigenvalue weighted by molar-refractivity contribution is 9.11. The second-order valence-electron chi connectivity index (χ2n) is 4.71. The van der Waals surface area contributed by atoms with Crippen LogP contribution in [0.2, 0.25) is 0 Å². The molecule has 0 saturated heterocycles. The number of halogens is 3. The molecule has 0 bridgehead atoms. The Kier molecular flexibility index (Phi) is 5.53. The van der Waals surface area contributed by atoms with Crippen molar-refractivity contribution in [3.8, 4) is 5.75 Å². The third-order valence-electron chi connectivity index (χ3n) is 2.08. The minimum Gasteiger partial charge on any atom is -0.492 e. The lowest BCUT2D eigenvalue weighted by atomic mass is 9.98. The summed E-state index contributed by atoms with van der Waals surface area (Å²) in [5.41, 5.74) is -0.549. The molecule has 3 nitrogen and oxygen atoms in total. The molecular weight excluding hydrogens is 407 g/mol. The molecule has 1 rings (SSSR count). The fourth-order valence-electron chi connectivity index (χ4n) is 1.37. The van der Waals surface area contributed by atoms with E-state index in [0.717, 1.165) is 8.95 Å². The first kappa shape index (κ1) is 16.3. The van der Waals surface area contributed by atoms with E-state index in [9.17, 15) is 8.42 Å². The van der Waals surface area contributed by atoms with Crippen LogP contribution >= 0.6 is 42.5 Å². The highest BCUT2D eigenvalue weighted by Gasteiger charge is 2.26. The van der Waals surface area contributed by atoms with Crippen molar-refractivity contribution in [2.45, 2.75) is 13.8 Å². The number of hydrogen-bond donors (Lipinski definition) is 0. The second kappa shape index (κ2) is 6.11. The predicted molar refractivity (Wildman–Crippen MR) is 80.8 cm³/mol. The van der Waals surface area contributed by atoms with Gasteiger partial charge in [-0.25, -0.2) is 8.42 Å². The second-order valence-corrected chi connectivity index (χ2v) is 9.26. The van der Waals surface area contributed by atoms with Gasteiger partial charge in [-0.3, -0.25) is 0 Å². The van der Waals surface area contributed by atoms with E-state index in [-0.39, 0.29) is 12.4 Å². The van der Waals surface area contributed by atoms with Crippen molar-refractivity contribution in [3.63, 3.8) is 0 Å². The molecule has 0 atom stereocenters. The van der Waals surface area contributed by atoms with Crippen LogP contribution in [0.4, 0.5) is 0 Å². The first-order valence-corrected chi connectivity index (χ1v) is 9.16. The zero-order valence-corrected chi connectivity index (χ0v) is 14.7. The highest BCUT2D eigenvalue weighted by Crippen LogP contribution is 2.30. The maximum absolute atomic E-state index is 11.1. The number of rotatable bonds is 5. The first-order valence-electron chi connectivity index (χ1n) is 5.09. The summed E-state index contributed by atoms with van der Waals surface area (Å²) in [5, 5.41) is 0. The van der Waals surface area contributed by atoms with Gasteiger partial charge in [-0.05, 0) is 34.1 Å². The Bertz CT molecular complexity index is 529. The van der Waals surface area contributed by atoms with Gasteiger partial charge in [-0.15, -0.1) is 0 Å². The van der Waals surface area contributed by atoms with Crippen LogP contribution in [-0.2, 0) is 9.05 Å². The van der Waals surface area contributed by atoms with E-state index in [2.05, 4.69) is 31.9 Å². The van der Waals surface area contributed by atoms with Crippen LogP contribution < -0.4 is 4.74 Å². The summed E-state index contributed by atoms with van der Waals surface area (Å²) in [6.45, 7) is 3.85. The third-order valence-corrected chi connectivity index (χ3v) is 4.64. The minimum atomic E-state index is -3.53. The Morgan fingerprint density at radius 2 is 1.94 bits per heavy atom. The predicted octanol–water partition coefficient (Wildman–Crippen LogP) is 4.19. The van der Waals surface area contributed by atoms with Crippen LogP contribution in [0.15, 0.2) is 27.1 Å². The van der Waals surface area contributed by atoms with Gasteiger partial charge in [-0.2, -0.15) is 0 Å². The lowest BCUT2D eigenvalue weighted by Crippen LogP contribution is -2.28. The highest BCUT2D eigenvalue weighted by atomic mass is 79.9. The quantitative estimate of drug-likeness (QED) is 0.671. The normalized spacial score (nSPS) is 12.5. The lowest BCUT2D eigenvalue weighted by molar-refractivity contribution is 0.199. The van der Waals surface area contributed by atoms with Gasteiger partial charge >= 0.3 is 0 Å². The van der Waals surface area contributed by atoms with Crippen molar-refractivity contribution in [2.24, 2.45) is 5.41 Å². The SMILES string of the molecule is CC(C)(COc1ccc(Br)cc1Br)CS(=O)(=O)Cl. The molecule has 0 amide bonds. The van der Waals surface area contributed by atoms with Crippen LogP contribution in [0.25, 0.3) is 0 Å². The van der Waals surface area contributed by atoms with Crippen molar-refractivity contribution >= 4 is 51.6 Å². The van der Waals surface area contributed by atoms with E-state index in [4.69, 9.17) is 15.4 Å². The summed E-state index contributed by atoms with van der Waals surface area (Å²) in [7, 11) is 1.72. The van der Waals surface area contributed by atoms with E-state index < -0.39 is 14.5 Å². The summed E-state index contributed by atoms with van der Waals surface area (Å²) < 4.78 is 29.5. The Labute approximate surface area is 129 Å². The largest absolute Gasteiger partial charge is 0.492 e. The molecule has 1 aromatic rings. The molecule has 0 N–H and O–H groups in total. The van der Waals surface area contributed by atoms with E-state index in [1.807, 2.05) is 12.1 Å². The smallest absolute Gasteiger partial charge is 0.233 e. The van der Waals surface area contributed by atoms with Gasteiger partial charge < -0.3 is 4.74 Å². The topological polar surface area (TPSA) is 43.4 Å². The van der Waals surface area contributed by atoms with Gasteiger partial charge in [0.15, 0.2) is 0 Å². The molecule has 0 spiro atoms. The maximum Gasteiger partial charge on any atom is 0.233 e. The third kappa shape index (κ3) is 5.91. The molecule has 0 aliphatic rings. The Hall–Kier alpha value is 0.220. The molecule has 0 aliphatic heterocycles. The van der Waals surface area contributed by atoms with Crippen LogP contribution in [0.5, 0.6) is 5.75 Å². The average Bonchev–Trinajstić information content (AvgIpc) is 2.12. The Morgan fingerprint density at radius 3 is 2.44 bits per heavy atom. The molecule has 0 aliphatic carbocycles. The first-order chi connectivity index (χ1) is 8.09. The van der Waals surface area contributed by atoms with Crippen LogP contribution in [-0.4, -0.2) is 20.8 Å². The molecule has 0 heterocycles. The van der Waals surface area contributed by atoms with Crippen molar-refractivity contribution in [2.75, 3.05) is 12.4 Å². The van der Waals surface area contributed by atoms with Crippen molar-refractivity contribution in [1.82, 2.24) is 0 Å². The summed E-state index contributed by atoms with van der Waals surface area (Å²) in [6.07, 6.45) is 0. The number of benzene rings is 1. The number of ether oxygens (including phenoxy) is 1. The summed E-state index contributed by atoms with van der Waals surface area (Å²) in [6, 6.07) is 5.52. The molecule has 0 radical (unpaired) electrons. The van der Waals surface area contributed by atoms with Gasteiger partial charge in [0.05, 0.1) is 16.8 Å². The number of hydrogen-bond acceptors (Lipinski definition) is 3. The van der Waals surface area contributed by atoms with Crippen molar-refractivity contribution in [3.05, 3.63) is 27.1 Å². The van der Waals surface area contributed by atoms with Crippen LogP contribution in [0, 0.1) is 5.41 Å². The van der Waals surface area contributed by atoms with E-state index in [0.29, 0.717) is 5.75 Å². The zero-order chi connectivity index (χ0) is 14.0. The minimum absolute atomic E-state index is 0.129. The maximum atomic E-state index is 11.1. The molecule has 18 heavy (non-hydrogen) atoms. The zero-order valence-electron chi connectivity index (χ0n) is 9.91. The summed E-state index contributed by atoms with van der Waals surface area (Å²) in [4.78, 5) is 0. The summed E-state index contributed by atoms with van der Waals surface area (Å²) in [5.74, 6) is 0.536. The molecule has 0 fully saturated rings. The Morgan fingerprint density at radius 1 is 1.33 bits per heavy atom. The van der Waals surface area contributed by atoms with Gasteiger partial charge in [0.2, 0.25) is 9.05 Å². The van der Waals surface area contributed by atoms with E-state index >= 15 is 0 Å². The molecule has 0 saturated carbocycles. The van der Waals surface area contributed by atoms with Crippen molar-refractivity contribution < 1.29 is 13.2 Å². The molecule has 0 aromatic heterocycles. The van der Waals surface area contributed by atoms with E-state index in [1.165, 1.54) is 0 Å². The molecule has 0 unspecified atom stereocenters. The Balaban J connectivity index is 2.70. The standard InChI is InChI=1S/C11H13Br2ClO3S/c1-11(2,7-18(14,15)16)6-17-10-4-3-8(12)5-9(10)13/h3-5H,6-7H2,1-2H3. The molecule has 1 aromatic carbocycles. The molecular formula is C11H13Br2ClO3S. The van der Waals surface area contributed by atoms with E-state index in [1.54, 1.807) is 19.9 Å². The van der Waals surface area contributed by atoms with Gasteiger partial charge in [0.25, 0.3) is 0 Å². The average molecular weight is 421 g/mol. The molecule has 7 heteroatoms. The lowest BCUT2D eigenvalue weighted by Gasteiger charge is -2.23. The van der Waals surface area contributed by atoms with Crippen LogP contribution in [0.3, 0.4) is 0 Å². The van der Waals surface area contributed by atoms with Gasteiger partial charge in [0.1, 0.15) is 5.75 Å². The van der Waals surface area contributed by atoms with Gasteiger partial charge in [-0.1, -0.05) is 29.8 Å². The molecule has 102 valence electrons. The fourth-order valence-corrected chi connectivity index (χ4v) is 4.44.